The average Bonchev–Trinajstić information content (AvgIpc) is 3.50. The maximum atomic E-state index is 6.32. The molecule has 0 spiro atoms. The average molecular weight is 431 g/mol. The number of rotatable bonds is 10. The molecule has 8 nitrogen and oxygen atoms in total. The molecule has 0 aliphatic heterocycles. The summed E-state index contributed by atoms with van der Waals surface area (Å²) >= 11 is 0. The van der Waals surface area contributed by atoms with Gasteiger partial charge in [-0.3, -0.25) is 0 Å². The van der Waals surface area contributed by atoms with Crippen molar-refractivity contribution in [2.24, 2.45) is 11.7 Å². The molecule has 3 N–H and O–H groups in total. The Kier molecular flexibility index (Phi) is 7.01. The van der Waals surface area contributed by atoms with Crippen LogP contribution in [0, 0.1) is 5.92 Å². The molecule has 32 heavy (non-hydrogen) atoms. The van der Waals surface area contributed by atoms with Gasteiger partial charge in [0.15, 0.2) is 5.82 Å². The number of aryl methyl sites for hydroxylation is 1. The minimum Gasteiger partial charge on any atom is -0.328 e. The molecule has 2 heterocycles. The molecule has 2 aromatic carbocycles. The third-order valence-corrected chi connectivity index (χ3v) is 5.96. The maximum Gasteiger partial charge on any atom is 0.180 e. The molecule has 2 unspecified atom stereocenters. The van der Waals surface area contributed by atoms with Crippen LogP contribution < -0.4 is 5.73 Å². The summed E-state index contributed by atoms with van der Waals surface area (Å²) in [4.78, 5) is 4.46. The van der Waals surface area contributed by atoms with Crippen LogP contribution in [0.2, 0.25) is 0 Å². The van der Waals surface area contributed by atoms with E-state index in [0.717, 1.165) is 41.8 Å². The van der Waals surface area contributed by atoms with E-state index in [1.165, 1.54) is 12.0 Å². The third-order valence-electron chi connectivity index (χ3n) is 5.96. The van der Waals surface area contributed by atoms with Crippen LogP contribution in [0.5, 0.6) is 0 Å². The van der Waals surface area contributed by atoms with E-state index in [1.54, 1.807) is 6.33 Å². The number of nitrogens with one attached hydrogen (secondary N) is 1. The van der Waals surface area contributed by atoms with Crippen LogP contribution in [-0.2, 0) is 13.0 Å². The number of aromatic nitrogens is 7. The molecule has 0 bridgehead atoms. The van der Waals surface area contributed by atoms with Gasteiger partial charge in [0.2, 0.25) is 0 Å². The lowest BCUT2D eigenvalue weighted by molar-refractivity contribution is 0.431. The van der Waals surface area contributed by atoms with Crippen LogP contribution in [0.4, 0.5) is 0 Å². The Hall–Kier alpha value is -3.39. The van der Waals surface area contributed by atoms with Gasteiger partial charge in [-0.05, 0) is 45.9 Å². The van der Waals surface area contributed by atoms with Gasteiger partial charge in [-0.25, -0.2) is 14.8 Å². The largest absolute Gasteiger partial charge is 0.328 e. The molecule has 0 aliphatic carbocycles. The lowest BCUT2D eigenvalue weighted by Gasteiger charge is -2.15. The summed E-state index contributed by atoms with van der Waals surface area (Å²) in [6, 6.07) is 16.8. The van der Waals surface area contributed by atoms with E-state index in [-0.39, 0.29) is 6.04 Å². The molecule has 2 atom stereocenters. The smallest absolute Gasteiger partial charge is 0.180 e. The quantitative estimate of drug-likeness (QED) is 0.395. The van der Waals surface area contributed by atoms with Gasteiger partial charge in [0.1, 0.15) is 12.2 Å². The fourth-order valence-corrected chi connectivity index (χ4v) is 3.91. The summed E-state index contributed by atoms with van der Waals surface area (Å²) in [6.45, 7) is 5.15. The van der Waals surface area contributed by atoms with Crippen LogP contribution in [-0.4, -0.2) is 41.4 Å². The Morgan fingerprint density at radius 2 is 1.84 bits per heavy atom. The lowest BCUT2D eigenvalue weighted by atomic mass is 9.97. The Bertz CT molecular complexity index is 1100. The molecule has 2 aromatic heterocycles. The standard InChI is InChI=1S/C24H30N8/c1-3-17(2)14-20(25)12-13-23-26-16-27-32(23)15-18-8-10-19(11-9-18)21-6-4-5-7-22(21)24-28-30-31-29-24/h4-11,16-17,20H,3,12-15,25H2,1-2H3,(H,28,29,30,31). The highest BCUT2D eigenvalue weighted by atomic mass is 15.5. The number of nitrogens with two attached hydrogens (primary N) is 1. The SMILES string of the molecule is CCC(C)CC(N)CCc1ncnn1Cc1ccc(-c2ccccc2-c2nnn[nH]2)cc1. The predicted molar refractivity (Wildman–Crippen MR) is 125 cm³/mol. The zero-order valence-electron chi connectivity index (χ0n) is 18.6. The van der Waals surface area contributed by atoms with Gasteiger partial charge in [0.25, 0.3) is 0 Å². The van der Waals surface area contributed by atoms with E-state index in [1.807, 2.05) is 22.9 Å². The number of H-pyrrole nitrogens is 1. The molecule has 0 fully saturated rings. The summed E-state index contributed by atoms with van der Waals surface area (Å²) in [5.41, 5.74) is 10.6. The van der Waals surface area contributed by atoms with E-state index >= 15 is 0 Å². The van der Waals surface area contributed by atoms with Crippen molar-refractivity contribution in [2.75, 3.05) is 0 Å². The number of nitrogens with zero attached hydrogens (tertiary/aromatic N) is 6. The highest BCUT2D eigenvalue weighted by Gasteiger charge is 2.12. The van der Waals surface area contributed by atoms with Crippen molar-refractivity contribution >= 4 is 0 Å². The summed E-state index contributed by atoms with van der Waals surface area (Å²) in [7, 11) is 0. The minimum atomic E-state index is 0.203. The maximum absolute atomic E-state index is 6.32. The van der Waals surface area contributed by atoms with Crippen molar-refractivity contribution in [2.45, 2.75) is 52.1 Å². The second kappa shape index (κ2) is 10.3. The Labute approximate surface area is 188 Å². The van der Waals surface area contributed by atoms with Gasteiger partial charge in [0.05, 0.1) is 6.54 Å². The van der Waals surface area contributed by atoms with Crippen LogP contribution in [0.1, 0.15) is 44.5 Å². The number of hydrogen-bond acceptors (Lipinski definition) is 6. The Morgan fingerprint density at radius 3 is 2.56 bits per heavy atom. The summed E-state index contributed by atoms with van der Waals surface area (Å²) in [5.74, 6) is 2.30. The molecular formula is C24H30N8. The molecule has 4 aromatic rings. The molecular weight excluding hydrogens is 400 g/mol. The summed E-state index contributed by atoms with van der Waals surface area (Å²) in [6.07, 6.45) is 5.62. The highest BCUT2D eigenvalue weighted by molar-refractivity contribution is 5.80. The lowest BCUT2D eigenvalue weighted by Crippen LogP contribution is -2.24. The van der Waals surface area contributed by atoms with Crippen molar-refractivity contribution < 1.29 is 0 Å². The topological polar surface area (TPSA) is 111 Å². The van der Waals surface area contributed by atoms with Gasteiger partial charge in [0, 0.05) is 18.0 Å². The van der Waals surface area contributed by atoms with E-state index in [9.17, 15) is 0 Å². The van der Waals surface area contributed by atoms with Gasteiger partial charge >= 0.3 is 0 Å². The summed E-state index contributed by atoms with van der Waals surface area (Å²) < 4.78 is 1.97. The van der Waals surface area contributed by atoms with Crippen molar-refractivity contribution in [1.29, 1.82) is 0 Å². The highest BCUT2D eigenvalue weighted by Crippen LogP contribution is 2.29. The zero-order valence-corrected chi connectivity index (χ0v) is 18.6. The number of tetrazole rings is 1. The first-order valence-corrected chi connectivity index (χ1v) is 11.2. The van der Waals surface area contributed by atoms with Crippen molar-refractivity contribution in [1.82, 2.24) is 35.4 Å². The molecule has 8 heteroatoms. The van der Waals surface area contributed by atoms with E-state index < -0.39 is 0 Å². The normalized spacial score (nSPS) is 13.2. The van der Waals surface area contributed by atoms with E-state index in [2.05, 4.69) is 74.9 Å². The first-order valence-electron chi connectivity index (χ1n) is 11.2. The van der Waals surface area contributed by atoms with Gasteiger partial charge < -0.3 is 5.73 Å². The second-order valence-corrected chi connectivity index (χ2v) is 8.37. The van der Waals surface area contributed by atoms with Crippen LogP contribution in [0.25, 0.3) is 22.5 Å². The fraction of sp³-hybridized carbons (Fsp3) is 0.375. The predicted octanol–water partition coefficient (Wildman–Crippen LogP) is 3.87. The molecule has 0 amide bonds. The van der Waals surface area contributed by atoms with Crippen LogP contribution >= 0.6 is 0 Å². The Morgan fingerprint density at radius 1 is 1.06 bits per heavy atom. The summed E-state index contributed by atoms with van der Waals surface area (Å²) in [5, 5.41) is 18.7. The van der Waals surface area contributed by atoms with Crippen molar-refractivity contribution in [3.05, 3.63) is 66.2 Å². The Balaban J connectivity index is 1.43. The first kappa shape index (κ1) is 21.8. The zero-order chi connectivity index (χ0) is 22.3. The van der Waals surface area contributed by atoms with Crippen LogP contribution in [0.3, 0.4) is 0 Å². The molecule has 166 valence electrons. The fourth-order valence-electron chi connectivity index (χ4n) is 3.91. The number of aromatic amines is 1. The van der Waals surface area contributed by atoms with Crippen LogP contribution in [0.15, 0.2) is 54.9 Å². The first-order chi connectivity index (χ1) is 15.6. The molecule has 0 aliphatic rings. The van der Waals surface area contributed by atoms with Gasteiger partial charge in [-0.1, -0.05) is 68.8 Å². The monoisotopic (exact) mass is 430 g/mol. The molecule has 0 radical (unpaired) electrons. The second-order valence-electron chi connectivity index (χ2n) is 8.37. The van der Waals surface area contributed by atoms with Gasteiger partial charge in [-0.2, -0.15) is 5.10 Å². The van der Waals surface area contributed by atoms with E-state index in [4.69, 9.17) is 5.73 Å². The number of benzene rings is 2. The van der Waals surface area contributed by atoms with E-state index in [0.29, 0.717) is 18.3 Å². The number of hydrogen-bond donors (Lipinski definition) is 2. The van der Waals surface area contributed by atoms with Crippen molar-refractivity contribution in [3.8, 4) is 22.5 Å². The molecule has 0 saturated heterocycles. The third kappa shape index (κ3) is 5.26. The molecule has 0 saturated carbocycles. The minimum absolute atomic E-state index is 0.203. The van der Waals surface area contributed by atoms with Crippen molar-refractivity contribution in [3.63, 3.8) is 0 Å². The van der Waals surface area contributed by atoms with Gasteiger partial charge in [-0.15, -0.1) is 5.10 Å². The molecule has 4 rings (SSSR count).